The smallest absolute Gasteiger partial charge is 0.308 e. The molecule has 1 fully saturated rings. The van der Waals surface area contributed by atoms with Crippen LogP contribution >= 0.6 is 0 Å². The van der Waals surface area contributed by atoms with Crippen LogP contribution < -0.4 is 5.32 Å². The Labute approximate surface area is 124 Å². The van der Waals surface area contributed by atoms with E-state index in [4.69, 9.17) is 5.11 Å². The maximum Gasteiger partial charge on any atom is 0.308 e. The molecule has 1 aliphatic carbocycles. The Kier molecular flexibility index (Phi) is 5.14. The van der Waals surface area contributed by atoms with E-state index < -0.39 is 11.9 Å². The molecule has 1 saturated carbocycles. The number of rotatable bonds is 6. The van der Waals surface area contributed by atoms with Gasteiger partial charge in [-0.1, -0.05) is 42.8 Å². The summed E-state index contributed by atoms with van der Waals surface area (Å²) in [5.74, 6) is -1.42. The molecule has 0 spiro atoms. The van der Waals surface area contributed by atoms with Crippen molar-refractivity contribution >= 4 is 11.9 Å². The summed E-state index contributed by atoms with van der Waals surface area (Å²) in [6.07, 6.45) is 4.30. The predicted molar refractivity (Wildman–Crippen MR) is 80.9 cm³/mol. The number of nitrogens with one attached hydrogen (secondary N) is 1. The third-order valence-electron chi connectivity index (χ3n) is 4.10. The Morgan fingerprint density at radius 2 is 2.05 bits per heavy atom. The van der Waals surface area contributed by atoms with Crippen molar-refractivity contribution in [2.45, 2.75) is 37.6 Å². The zero-order valence-corrected chi connectivity index (χ0v) is 12.0. The molecule has 4 heteroatoms. The quantitative estimate of drug-likeness (QED) is 0.791. The van der Waals surface area contributed by atoms with Gasteiger partial charge in [0.1, 0.15) is 0 Å². The summed E-state index contributed by atoms with van der Waals surface area (Å²) >= 11 is 0. The fourth-order valence-corrected chi connectivity index (χ4v) is 2.93. The number of hydrogen-bond donors (Lipinski definition) is 2. The Hall–Kier alpha value is -2.10. The Morgan fingerprint density at radius 3 is 2.67 bits per heavy atom. The van der Waals surface area contributed by atoms with Gasteiger partial charge >= 0.3 is 5.97 Å². The van der Waals surface area contributed by atoms with Gasteiger partial charge in [0.05, 0.1) is 5.92 Å². The molecule has 4 nitrogen and oxygen atoms in total. The lowest BCUT2D eigenvalue weighted by Gasteiger charge is -2.19. The van der Waals surface area contributed by atoms with Crippen molar-refractivity contribution in [2.75, 3.05) is 0 Å². The van der Waals surface area contributed by atoms with Crippen molar-refractivity contribution in [3.05, 3.63) is 48.6 Å². The van der Waals surface area contributed by atoms with Crippen LogP contribution in [0.2, 0.25) is 0 Å². The van der Waals surface area contributed by atoms with E-state index in [1.807, 2.05) is 30.3 Å². The van der Waals surface area contributed by atoms with Crippen LogP contribution in [0.5, 0.6) is 0 Å². The second-order valence-electron chi connectivity index (χ2n) is 5.51. The first kappa shape index (κ1) is 15.3. The van der Waals surface area contributed by atoms with Crippen molar-refractivity contribution in [3.8, 4) is 0 Å². The van der Waals surface area contributed by atoms with E-state index in [1.54, 1.807) is 6.08 Å². The lowest BCUT2D eigenvalue weighted by molar-refractivity contribution is -0.142. The van der Waals surface area contributed by atoms with Gasteiger partial charge in [0.25, 0.3) is 0 Å². The monoisotopic (exact) mass is 287 g/mol. The maximum atomic E-state index is 12.2. The van der Waals surface area contributed by atoms with Crippen LogP contribution in [0.25, 0.3) is 0 Å². The lowest BCUT2D eigenvalue weighted by atomic mass is 9.95. The zero-order valence-electron chi connectivity index (χ0n) is 12.0. The Balaban J connectivity index is 1.94. The number of benzene rings is 1. The maximum absolute atomic E-state index is 12.2. The molecule has 0 heterocycles. The summed E-state index contributed by atoms with van der Waals surface area (Å²) in [5.41, 5.74) is 1.05. The van der Waals surface area contributed by atoms with Crippen molar-refractivity contribution in [1.82, 2.24) is 5.32 Å². The molecule has 1 aromatic carbocycles. The van der Waals surface area contributed by atoms with E-state index in [0.717, 1.165) is 18.4 Å². The number of amides is 1. The number of allylic oxidation sites excluding steroid dienone is 1. The minimum atomic E-state index is -0.818. The molecule has 0 aromatic heterocycles. The topological polar surface area (TPSA) is 66.4 Å². The molecule has 21 heavy (non-hydrogen) atoms. The molecule has 112 valence electrons. The number of hydrogen-bond acceptors (Lipinski definition) is 2. The van der Waals surface area contributed by atoms with Crippen molar-refractivity contribution < 1.29 is 14.7 Å². The van der Waals surface area contributed by atoms with Gasteiger partial charge in [-0.3, -0.25) is 9.59 Å². The molecule has 1 amide bonds. The number of aliphatic carboxylic acids is 1. The first-order valence-corrected chi connectivity index (χ1v) is 7.31. The number of carboxylic acids is 1. The number of carboxylic acid groups (broad SMARTS) is 1. The van der Waals surface area contributed by atoms with Crippen molar-refractivity contribution in [1.29, 1.82) is 0 Å². The van der Waals surface area contributed by atoms with E-state index in [9.17, 15) is 9.59 Å². The highest BCUT2D eigenvalue weighted by Crippen LogP contribution is 2.27. The largest absolute Gasteiger partial charge is 0.481 e. The van der Waals surface area contributed by atoms with E-state index in [-0.39, 0.29) is 17.9 Å². The predicted octanol–water partition coefficient (Wildman–Crippen LogP) is 2.72. The molecule has 0 aliphatic heterocycles. The Bertz CT molecular complexity index is 512. The molecule has 0 radical (unpaired) electrons. The standard InChI is InChI=1S/C17H21NO3/c1-2-12(13-7-4-3-5-8-13)11-16(19)18-15-10-6-9-14(15)17(20)21/h2-5,7-8,12,14-15H,1,6,9-11H2,(H,18,19)(H,20,21)/t12?,14-,15+/m1/s1. The van der Waals surface area contributed by atoms with Crippen LogP contribution in [0, 0.1) is 5.92 Å². The third kappa shape index (κ3) is 3.94. The van der Waals surface area contributed by atoms with Gasteiger partial charge in [0.2, 0.25) is 5.91 Å². The summed E-state index contributed by atoms with van der Waals surface area (Å²) in [6, 6.07) is 9.49. The van der Waals surface area contributed by atoms with E-state index in [1.165, 1.54) is 0 Å². The fourth-order valence-electron chi connectivity index (χ4n) is 2.93. The molecule has 2 rings (SSSR count). The van der Waals surface area contributed by atoms with Gasteiger partial charge in [-0.2, -0.15) is 0 Å². The second kappa shape index (κ2) is 7.07. The summed E-state index contributed by atoms with van der Waals surface area (Å²) in [4.78, 5) is 23.3. The van der Waals surface area contributed by atoms with E-state index in [0.29, 0.717) is 12.8 Å². The minimum Gasteiger partial charge on any atom is -0.481 e. The van der Waals surface area contributed by atoms with E-state index >= 15 is 0 Å². The molecule has 1 aromatic rings. The first-order valence-electron chi connectivity index (χ1n) is 7.31. The minimum absolute atomic E-state index is 0.0455. The SMILES string of the molecule is C=CC(CC(=O)N[C@H]1CCC[C@H]1C(=O)O)c1ccccc1. The number of carbonyl (C=O) groups excluding carboxylic acids is 1. The van der Waals surface area contributed by atoms with Crippen molar-refractivity contribution in [2.24, 2.45) is 5.92 Å². The lowest BCUT2D eigenvalue weighted by Crippen LogP contribution is -2.40. The average molecular weight is 287 g/mol. The molecular weight excluding hydrogens is 266 g/mol. The van der Waals surface area contributed by atoms with E-state index in [2.05, 4.69) is 11.9 Å². The van der Waals surface area contributed by atoms with Crippen LogP contribution in [-0.2, 0) is 9.59 Å². The highest BCUT2D eigenvalue weighted by molar-refractivity contribution is 5.79. The average Bonchev–Trinajstić information content (AvgIpc) is 2.94. The van der Waals surface area contributed by atoms with Crippen molar-refractivity contribution in [3.63, 3.8) is 0 Å². The molecule has 1 aliphatic rings. The summed E-state index contributed by atoms with van der Waals surface area (Å²) in [7, 11) is 0. The van der Waals surface area contributed by atoms with Crippen LogP contribution in [-0.4, -0.2) is 23.0 Å². The highest BCUT2D eigenvalue weighted by atomic mass is 16.4. The summed E-state index contributed by atoms with van der Waals surface area (Å²) in [5, 5.41) is 12.0. The Morgan fingerprint density at radius 1 is 1.33 bits per heavy atom. The zero-order chi connectivity index (χ0) is 15.2. The normalized spacial score (nSPS) is 22.5. The fraction of sp³-hybridized carbons (Fsp3) is 0.412. The molecule has 1 unspecified atom stereocenters. The summed E-state index contributed by atoms with van der Waals surface area (Å²) in [6.45, 7) is 3.79. The second-order valence-corrected chi connectivity index (χ2v) is 5.51. The first-order chi connectivity index (χ1) is 10.1. The molecule has 2 N–H and O–H groups in total. The van der Waals surface area contributed by atoms with Crippen LogP contribution in [0.1, 0.15) is 37.2 Å². The van der Waals surface area contributed by atoms with Gasteiger partial charge in [0.15, 0.2) is 0 Å². The van der Waals surface area contributed by atoms with Gasteiger partial charge < -0.3 is 10.4 Å². The molecule has 3 atom stereocenters. The van der Waals surface area contributed by atoms with Crippen LogP contribution in [0.4, 0.5) is 0 Å². The molecular formula is C17H21NO3. The number of carbonyl (C=O) groups is 2. The highest BCUT2D eigenvalue weighted by Gasteiger charge is 2.34. The van der Waals surface area contributed by atoms with Gasteiger partial charge in [-0.25, -0.2) is 0 Å². The van der Waals surface area contributed by atoms with Crippen LogP contribution in [0.15, 0.2) is 43.0 Å². The van der Waals surface area contributed by atoms with Gasteiger partial charge in [-0.05, 0) is 18.4 Å². The van der Waals surface area contributed by atoms with Gasteiger partial charge in [-0.15, -0.1) is 6.58 Å². The van der Waals surface area contributed by atoms with Crippen LogP contribution in [0.3, 0.4) is 0 Å². The summed E-state index contributed by atoms with van der Waals surface area (Å²) < 4.78 is 0. The van der Waals surface area contributed by atoms with Gasteiger partial charge in [0, 0.05) is 18.4 Å². The third-order valence-corrected chi connectivity index (χ3v) is 4.10. The molecule has 0 saturated heterocycles. The molecule has 0 bridgehead atoms.